The number of carbonyl (C=O) groups excluding carboxylic acids is 2. The van der Waals surface area contributed by atoms with E-state index < -0.39 is 24.8 Å². The second-order valence-electron chi connectivity index (χ2n) is 6.43. The number of carbonyl (C=O) groups is 2. The molecule has 1 aromatic carbocycles. The monoisotopic (exact) mass is 341 g/mol. The average Bonchev–Trinajstić information content (AvgIpc) is 2.35. The quantitative estimate of drug-likeness (QED) is 0.670. The summed E-state index contributed by atoms with van der Waals surface area (Å²) in [6, 6.07) is 4.65. The normalized spacial score (nSPS) is 11.7. The lowest BCUT2D eigenvalue weighted by atomic mass is 10.2. The third kappa shape index (κ3) is 6.06. The molecule has 7 heteroatoms. The molecule has 0 aliphatic heterocycles. The van der Waals surface area contributed by atoms with Crippen LogP contribution in [-0.4, -0.2) is 37.6 Å². The van der Waals surface area contributed by atoms with Crippen molar-refractivity contribution in [2.45, 2.75) is 33.3 Å². The summed E-state index contributed by atoms with van der Waals surface area (Å²) in [5.41, 5.74) is -0.245. The van der Waals surface area contributed by atoms with Crippen LogP contribution in [0.1, 0.15) is 38.1 Å². The summed E-state index contributed by atoms with van der Waals surface area (Å²) >= 11 is 0. The standard InChI is InChI=1S/C16H24NO5P/c1-7-21-14(18)12-10-11(23(5,6)20)8-9-13(12)17-15(19)22-16(2,3)4/h8-10H,7H2,1-6H3,(H,17,19). The van der Waals surface area contributed by atoms with E-state index in [4.69, 9.17) is 9.47 Å². The number of anilines is 1. The summed E-state index contributed by atoms with van der Waals surface area (Å²) in [5, 5.41) is 3.07. The molecule has 1 aromatic rings. The Morgan fingerprint density at radius 2 is 1.83 bits per heavy atom. The van der Waals surface area contributed by atoms with Gasteiger partial charge < -0.3 is 14.0 Å². The van der Waals surface area contributed by atoms with E-state index in [-0.39, 0.29) is 17.9 Å². The molecule has 128 valence electrons. The van der Waals surface area contributed by atoms with Gasteiger partial charge in [0.1, 0.15) is 12.7 Å². The van der Waals surface area contributed by atoms with E-state index in [1.807, 2.05) is 0 Å². The molecule has 0 radical (unpaired) electrons. The molecule has 1 amide bonds. The first-order valence-electron chi connectivity index (χ1n) is 7.31. The lowest BCUT2D eigenvalue weighted by molar-refractivity contribution is 0.0527. The van der Waals surface area contributed by atoms with Crippen LogP contribution in [-0.2, 0) is 14.0 Å². The molecule has 23 heavy (non-hydrogen) atoms. The molecule has 1 N–H and O–H groups in total. The van der Waals surface area contributed by atoms with Crippen molar-refractivity contribution in [3.05, 3.63) is 23.8 Å². The molecule has 0 atom stereocenters. The summed E-state index contributed by atoms with van der Waals surface area (Å²) in [4.78, 5) is 24.0. The van der Waals surface area contributed by atoms with Gasteiger partial charge in [-0.05, 0) is 59.2 Å². The van der Waals surface area contributed by atoms with Crippen LogP contribution >= 0.6 is 7.14 Å². The fourth-order valence-electron chi connectivity index (χ4n) is 1.77. The van der Waals surface area contributed by atoms with Gasteiger partial charge in [0.15, 0.2) is 0 Å². The summed E-state index contributed by atoms with van der Waals surface area (Å²) in [6.07, 6.45) is -0.674. The molecule has 0 aliphatic carbocycles. The molecule has 0 bridgehead atoms. The summed E-state index contributed by atoms with van der Waals surface area (Å²) < 4.78 is 22.4. The Hall–Kier alpha value is -1.81. The summed E-state index contributed by atoms with van der Waals surface area (Å²) in [5.74, 6) is -0.589. The average molecular weight is 341 g/mol. The smallest absolute Gasteiger partial charge is 0.412 e. The molecular weight excluding hydrogens is 317 g/mol. The number of rotatable bonds is 4. The Bertz CT molecular complexity index is 642. The van der Waals surface area contributed by atoms with Crippen molar-refractivity contribution in [3.63, 3.8) is 0 Å². The van der Waals surface area contributed by atoms with Gasteiger partial charge in [-0.25, -0.2) is 9.59 Å². The van der Waals surface area contributed by atoms with Gasteiger partial charge in [-0.1, -0.05) is 0 Å². The van der Waals surface area contributed by atoms with E-state index in [1.54, 1.807) is 47.1 Å². The van der Waals surface area contributed by atoms with Gasteiger partial charge in [0.25, 0.3) is 0 Å². The number of esters is 1. The van der Waals surface area contributed by atoms with Crippen LogP contribution in [0.5, 0.6) is 0 Å². The lowest BCUT2D eigenvalue weighted by Crippen LogP contribution is -2.28. The zero-order chi connectivity index (χ0) is 17.8. The highest BCUT2D eigenvalue weighted by Gasteiger charge is 2.22. The summed E-state index contributed by atoms with van der Waals surface area (Å²) in [6.45, 7) is 10.3. The van der Waals surface area contributed by atoms with Gasteiger partial charge in [0, 0.05) is 5.30 Å². The first kappa shape index (κ1) is 19.2. The summed E-state index contributed by atoms with van der Waals surface area (Å²) in [7, 11) is -2.54. The fourth-order valence-corrected chi connectivity index (χ4v) is 2.64. The molecule has 0 spiro atoms. The van der Waals surface area contributed by atoms with E-state index in [1.165, 1.54) is 12.1 Å². The molecule has 6 nitrogen and oxygen atoms in total. The zero-order valence-corrected chi connectivity index (χ0v) is 15.3. The molecule has 0 unspecified atom stereocenters. The highest BCUT2D eigenvalue weighted by atomic mass is 31.2. The Kier molecular flexibility index (Phi) is 6.00. The van der Waals surface area contributed by atoms with Gasteiger partial charge in [0.2, 0.25) is 0 Å². The van der Waals surface area contributed by atoms with Crippen molar-refractivity contribution < 1.29 is 23.6 Å². The largest absolute Gasteiger partial charge is 0.462 e. The maximum absolute atomic E-state index is 12.2. The minimum Gasteiger partial charge on any atom is -0.462 e. The minimum atomic E-state index is -2.54. The molecule has 0 aromatic heterocycles. The zero-order valence-electron chi connectivity index (χ0n) is 14.4. The van der Waals surface area contributed by atoms with Gasteiger partial charge >= 0.3 is 12.1 Å². The Balaban J connectivity index is 3.18. The van der Waals surface area contributed by atoms with Gasteiger partial charge in [-0.15, -0.1) is 0 Å². The molecule has 0 saturated heterocycles. The van der Waals surface area contributed by atoms with Crippen molar-refractivity contribution >= 4 is 30.2 Å². The Morgan fingerprint density at radius 3 is 2.30 bits per heavy atom. The van der Waals surface area contributed by atoms with Crippen molar-refractivity contribution in [2.24, 2.45) is 0 Å². The second-order valence-corrected chi connectivity index (χ2v) is 9.65. The highest BCUT2D eigenvalue weighted by Crippen LogP contribution is 2.35. The van der Waals surface area contributed by atoms with Crippen molar-refractivity contribution in [1.82, 2.24) is 0 Å². The van der Waals surface area contributed by atoms with Gasteiger partial charge in [0.05, 0.1) is 17.9 Å². The van der Waals surface area contributed by atoms with Crippen LogP contribution in [0.25, 0.3) is 0 Å². The fraction of sp³-hybridized carbons (Fsp3) is 0.500. The Labute approximate surface area is 136 Å². The lowest BCUT2D eigenvalue weighted by Gasteiger charge is -2.20. The first-order valence-corrected chi connectivity index (χ1v) is 9.91. The first-order chi connectivity index (χ1) is 10.4. The number of ether oxygens (including phenoxy) is 2. The van der Waals surface area contributed by atoms with Crippen LogP contribution in [0, 0.1) is 0 Å². The molecule has 0 saturated carbocycles. The van der Waals surface area contributed by atoms with E-state index in [9.17, 15) is 14.2 Å². The number of hydrogen-bond donors (Lipinski definition) is 1. The van der Waals surface area contributed by atoms with Gasteiger partial charge in [-0.3, -0.25) is 5.32 Å². The molecule has 0 aliphatic rings. The predicted octanol–water partition coefficient (Wildman–Crippen LogP) is 3.46. The topological polar surface area (TPSA) is 81.7 Å². The van der Waals surface area contributed by atoms with Crippen LogP contribution in [0.2, 0.25) is 0 Å². The van der Waals surface area contributed by atoms with E-state index in [2.05, 4.69) is 5.32 Å². The Morgan fingerprint density at radius 1 is 1.22 bits per heavy atom. The van der Waals surface area contributed by atoms with Gasteiger partial charge in [-0.2, -0.15) is 0 Å². The molecule has 1 rings (SSSR count). The van der Waals surface area contributed by atoms with Crippen LogP contribution in [0.4, 0.5) is 10.5 Å². The second kappa shape index (κ2) is 7.18. The molecular formula is C16H24NO5P. The number of amides is 1. The van der Waals surface area contributed by atoms with Crippen LogP contribution in [0.3, 0.4) is 0 Å². The number of nitrogens with one attached hydrogen (secondary N) is 1. The van der Waals surface area contributed by atoms with E-state index in [0.717, 1.165) is 0 Å². The maximum Gasteiger partial charge on any atom is 0.412 e. The minimum absolute atomic E-state index is 0.152. The van der Waals surface area contributed by atoms with E-state index in [0.29, 0.717) is 5.30 Å². The number of hydrogen-bond acceptors (Lipinski definition) is 5. The maximum atomic E-state index is 12.2. The highest BCUT2D eigenvalue weighted by molar-refractivity contribution is 7.70. The molecule has 0 fully saturated rings. The van der Waals surface area contributed by atoms with Crippen molar-refractivity contribution in [1.29, 1.82) is 0 Å². The SMILES string of the molecule is CCOC(=O)c1cc(P(C)(C)=O)ccc1NC(=O)OC(C)(C)C. The third-order valence-corrected chi connectivity index (χ3v) is 4.28. The van der Waals surface area contributed by atoms with Crippen molar-refractivity contribution in [2.75, 3.05) is 25.3 Å². The predicted molar refractivity (Wildman–Crippen MR) is 91.3 cm³/mol. The van der Waals surface area contributed by atoms with Crippen LogP contribution < -0.4 is 10.6 Å². The van der Waals surface area contributed by atoms with E-state index >= 15 is 0 Å². The van der Waals surface area contributed by atoms with Crippen LogP contribution in [0.15, 0.2) is 18.2 Å². The molecule has 0 heterocycles. The number of benzene rings is 1. The van der Waals surface area contributed by atoms with Crippen molar-refractivity contribution in [3.8, 4) is 0 Å². The third-order valence-electron chi connectivity index (χ3n) is 2.76.